The third-order valence-electron chi connectivity index (χ3n) is 3.91. The van der Waals surface area contributed by atoms with Gasteiger partial charge in [-0.05, 0) is 17.7 Å². The van der Waals surface area contributed by atoms with Gasteiger partial charge in [-0.2, -0.15) is 0 Å². The highest BCUT2D eigenvalue weighted by Crippen LogP contribution is 2.43. The number of nitro groups is 1. The molecule has 1 fully saturated rings. The number of hydrogen-bond donors (Lipinski definition) is 0. The summed E-state index contributed by atoms with van der Waals surface area (Å²) in [6.45, 7) is 0. The minimum absolute atomic E-state index is 0.0795. The Morgan fingerprint density at radius 1 is 1.16 bits per heavy atom. The van der Waals surface area contributed by atoms with E-state index in [1.54, 1.807) is 24.3 Å². The molecular weight excluding hydrogens is 350 g/mol. The number of methoxy groups -OCH3 is 2. The average Bonchev–Trinajstić information content (AvgIpc) is 3.41. The van der Waals surface area contributed by atoms with Crippen LogP contribution in [0.5, 0.6) is 11.5 Å². The number of carbonyl (C=O) groups is 1. The maximum atomic E-state index is 12.7. The molecule has 3 rings (SSSR count). The molecule has 2 aromatic rings. The maximum absolute atomic E-state index is 12.7. The Morgan fingerprint density at radius 2 is 1.76 bits per heavy atom. The normalized spacial score (nSPS) is 18.5. The molecule has 1 saturated heterocycles. The number of ketones is 1. The molecule has 7 nitrogen and oxygen atoms in total. The zero-order valence-electron chi connectivity index (χ0n) is 13.4. The molecule has 0 amide bonds. The average molecular weight is 364 g/mol. The first-order valence-corrected chi connectivity index (χ1v) is 7.69. The van der Waals surface area contributed by atoms with Crippen LogP contribution in [0.3, 0.4) is 0 Å². The predicted molar refractivity (Wildman–Crippen MR) is 89.6 cm³/mol. The van der Waals surface area contributed by atoms with Crippen molar-refractivity contribution < 1.29 is 23.9 Å². The van der Waals surface area contributed by atoms with E-state index in [1.165, 1.54) is 26.4 Å². The second-order valence-corrected chi connectivity index (χ2v) is 5.81. The molecule has 1 aliphatic heterocycles. The van der Waals surface area contributed by atoms with Gasteiger partial charge in [0.1, 0.15) is 11.7 Å². The van der Waals surface area contributed by atoms with Gasteiger partial charge >= 0.3 is 0 Å². The lowest BCUT2D eigenvalue weighted by atomic mass is 10.0. The number of epoxide rings is 1. The van der Waals surface area contributed by atoms with Crippen LogP contribution in [0.2, 0.25) is 5.02 Å². The first-order valence-electron chi connectivity index (χ1n) is 7.31. The van der Waals surface area contributed by atoms with Gasteiger partial charge in [-0.15, -0.1) is 0 Å². The van der Waals surface area contributed by atoms with Crippen LogP contribution >= 0.6 is 11.6 Å². The van der Waals surface area contributed by atoms with Gasteiger partial charge in [-0.3, -0.25) is 14.9 Å². The minimum atomic E-state index is -0.780. The summed E-state index contributed by atoms with van der Waals surface area (Å²) >= 11 is 5.84. The second kappa shape index (κ2) is 6.70. The van der Waals surface area contributed by atoms with Gasteiger partial charge in [0.2, 0.25) is 5.78 Å². The quantitative estimate of drug-likeness (QED) is 0.337. The number of nitro benzene ring substituents is 1. The van der Waals surface area contributed by atoms with Gasteiger partial charge in [-0.1, -0.05) is 23.7 Å². The molecule has 0 aromatic heterocycles. The highest BCUT2D eigenvalue weighted by atomic mass is 35.5. The summed E-state index contributed by atoms with van der Waals surface area (Å²) < 4.78 is 15.6. The van der Waals surface area contributed by atoms with Crippen LogP contribution in [0.15, 0.2) is 36.4 Å². The lowest BCUT2D eigenvalue weighted by molar-refractivity contribution is -0.385. The summed E-state index contributed by atoms with van der Waals surface area (Å²) in [5, 5.41) is 11.9. The zero-order valence-corrected chi connectivity index (χ0v) is 14.1. The summed E-state index contributed by atoms with van der Waals surface area (Å²) in [6, 6.07) is 9.37. The smallest absolute Gasteiger partial charge is 0.284 e. The number of Topliss-reactive ketones (excluding diaryl/α,β-unsaturated/α-hetero) is 1. The van der Waals surface area contributed by atoms with Crippen molar-refractivity contribution in [3.63, 3.8) is 0 Å². The van der Waals surface area contributed by atoms with Crippen LogP contribution in [0.25, 0.3) is 0 Å². The van der Waals surface area contributed by atoms with Gasteiger partial charge in [0.15, 0.2) is 17.6 Å². The maximum Gasteiger partial charge on any atom is 0.284 e. The SMILES string of the molecule is COc1cc(C(=O)[C@H]2O[C@H]2c2ccc(Cl)cc2)c([N+](=O)[O-])cc1OC. The standard InChI is InChI=1S/C17H14ClNO6/c1-23-13-7-11(12(19(21)22)8-14(13)24-2)15(20)17-16(25-17)9-3-5-10(18)6-4-9/h3-8,16-17H,1-2H3/t16-,17+/m0/s1. The van der Waals surface area contributed by atoms with Crippen LogP contribution < -0.4 is 9.47 Å². The molecule has 1 heterocycles. The summed E-state index contributed by atoms with van der Waals surface area (Å²) in [5.74, 6) is -0.0653. The third-order valence-corrected chi connectivity index (χ3v) is 4.16. The fourth-order valence-corrected chi connectivity index (χ4v) is 2.71. The molecule has 130 valence electrons. The third kappa shape index (κ3) is 3.29. The van der Waals surface area contributed by atoms with Crippen LogP contribution in [0.1, 0.15) is 22.0 Å². The predicted octanol–water partition coefficient (Wildman–Crippen LogP) is 3.59. The van der Waals surface area contributed by atoms with Crippen LogP contribution in [-0.4, -0.2) is 31.0 Å². The lowest BCUT2D eigenvalue weighted by Gasteiger charge is -2.09. The lowest BCUT2D eigenvalue weighted by Crippen LogP contribution is -2.11. The van der Waals surface area contributed by atoms with E-state index in [0.29, 0.717) is 5.02 Å². The van der Waals surface area contributed by atoms with Crippen molar-refractivity contribution in [2.75, 3.05) is 14.2 Å². The molecular formula is C17H14ClNO6. The molecule has 25 heavy (non-hydrogen) atoms. The first kappa shape index (κ1) is 17.2. The number of benzene rings is 2. The number of rotatable bonds is 6. The molecule has 0 spiro atoms. The van der Waals surface area contributed by atoms with Gasteiger partial charge < -0.3 is 14.2 Å². The highest BCUT2D eigenvalue weighted by molar-refractivity contribution is 6.30. The fourth-order valence-electron chi connectivity index (χ4n) is 2.59. The van der Waals surface area contributed by atoms with Crippen molar-refractivity contribution in [2.24, 2.45) is 0 Å². The van der Waals surface area contributed by atoms with E-state index >= 15 is 0 Å². The molecule has 0 bridgehead atoms. The first-order chi connectivity index (χ1) is 12.0. The van der Waals surface area contributed by atoms with Gasteiger partial charge in [0.25, 0.3) is 5.69 Å². The number of carbonyl (C=O) groups excluding carboxylic acids is 1. The summed E-state index contributed by atoms with van der Waals surface area (Å²) in [6.07, 6.45) is -1.23. The Labute approximate surface area is 148 Å². The molecule has 0 radical (unpaired) electrons. The molecule has 0 N–H and O–H groups in total. The van der Waals surface area contributed by atoms with Crippen molar-refractivity contribution in [1.29, 1.82) is 0 Å². The Morgan fingerprint density at radius 3 is 2.32 bits per heavy atom. The largest absolute Gasteiger partial charge is 0.493 e. The van der Waals surface area contributed by atoms with Crippen molar-refractivity contribution in [2.45, 2.75) is 12.2 Å². The number of nitrogens with zero attached hydrogens (tertiary/aromatic N) is 1. The Hall–Kier alpha value is -2.64. The van der Waals surface area contributed by atoms with Crippen molar-refractivity contribution >= 4 is 23.1 Å². The Kier molecular flexibility index (Phi) is 4.61. The van der Waals surface area contributed by atoms with Crippen molar-refractivity contribution in [3.05, 3.63) is 62.7 Å². The molecule has 2 atom stereocenters. The van der Waals surface area contributed by atoms with E-state index in [4.69, 9.17) is 25.8 Å². The van der Waals surface area contributed by atoms with Gasteiger partial charge in [0, 0.05) is 11.1 Å². The van der Waals surface area contributed by atoms with Gasteiger partial charge in [-0.25, -0.2) is 0 Å². The van der Waals surface area contributed by atoms with E-state index in [2.05, 4.69) is 0 Å². The topological polar surface area (TPSA) is 91.2 Å². The summed E-state index contributed by atoms with van der Waals surface area (Å²) in [5.41, 5.74) is 0.350. The molecule has 0 unspecified atom stereocenters. The van der Waals surface area contributed by atoms with Crippen molar-refractivity contribution in [3.8, 4) is 11.5 Å². The van der Waals surface area contributed by atoms with Crippen LogP contribution in [0, 0.1) is 10.1 Å². The van der Waals surface area contributed by atoms with E-state index in [9.17, 15) is 14.9 Å². The van der Waals surface area contributed by atoms with E-state index in [0.717, 1.165) is 5.56 Å². The fraction of sp³-hybridized carbons (Fsp3) is 0.235. The minimum Gasteiger partial charge on any atom is -0.493 e. The number of hydrogen-bond acceptors (Lipinski definition) is 6. The van der Waals surface area contributed by atoms with Crippen molar-refractivity contribution in [1.82, 2.24) is 0 Å². The molecule has 0 aliphatic carbocycles. The zero-order chi connectivity index (χ0) is 18.1. The monoisotopic (exact) mass is 363 g/mol. The summed E-state index contributed by atoms with van der Waals surface area (Å²) in [7, 11) is 2.76. The van der Waals surface area contributed by atoms with E-state index in [1.807, 2.05) is 0 Å². The molecule has 1 aliphatic rings. The van der Waals surface area contributed by atoms with Crippen LogP contribution in [-0.2, 0) is 4.74 Å². The molecule has 0 saturated carbocycles. The Balaban J connectivity index is 1.92. The molecule has 8 heteroatoms. The second-order valence-electron chi connectivity index (χ2n) is 5.37. The van der Waals surface area contributed by atoms with E-state index < -0.39 is 22.9 Å². The van der Waals surface area contributed by atoms with Gasteiger partial charge in [0.05, 0.1) is 25.2 Å². The Bertz CT molecular complexity index is 836. The molecule has 2 aromatic carbocycles. The summed E-state index contributed by atoms with van der Waals surface area (Å²) in [4.78, 5) is 23.4. The highest BCUT2D eigenvalue weighted by Gasteiger charge is 2.48. The van der Waals surface area contributed by atoms with Crippen LogP contribution in [0.4, 0.5) is 5.69 Å². The number of ether oxygens (including phenoxy) is 3. The number of halogens is 1. The van der Waals surface area contributed by atoms with E-state index in [-0.39, 0.29) is 22.7 Å².